The molecule has 0 bridgehead atoms. The molecule has 0 amide bonds. The van der Waals surface area contributed by atoms with E-state index < -0.39 is 29.6 Å². The Morgan fingerprint density at radius 3 is 1.60 bits per heavy atom. The third kappa shape index (κ3) is 7.60. The van der Waals surface area contributed by atoms with Crippen LogP contribution in [0.3, 0.4) is 0 Å². The average molecular weight is 651 g/mol. The number of hydrogen-bond acceptors (Lipinski definition) is 4. The second-order valence-corrected chi connectivity index (χ2v) is 10.9. The summed E-state index contributed by atoms with van der Waals surface area (Å²) in [6, 6.07) is 21.0. The maximum atomic E-state index is 14.1. The molecule has 1 aliphatic rings. The quantitative estimate of drug-likeness (QED) is 0.0742. The van der Waals surface area contributed by atoms with Gasteiger partial charge in [0.1, 0.15) is 23.0 Å². The molecule has 0 spiro atoms. The summed E-state index contributed by atoms with van der Waals surface area (Å²) in [6.45, 7) is 1.61. The molecule has 0 saturated heterocycles. The molecule has 1 fully saturated rings. The number of Topliss-reactive ketones (excluding diaryl/α,β-unsaturated/α-hetero) is 1. The van der Waals surface area contributed by atoms with E-state index in [1.165, 1.54) is 36.4 Å². The molecule has 4 nitrogen and oxygen atoms in total. The summed E-state index contributed by atoms with van der Waals surface area (Å²) in [6.07, 6.45) is -0.254. The Kier molecular flexibility index (Phi) is 10.2. The first-order valence-corrected chi connectivity index (χ1v) is 14.6. The molecular formula is C37H28F6O4. The molecule has 5 rings (SSSR count). The fourth-order valence-electron chi connectivity index (χ4n) is 5.54. The van der Waals surface area contributed by atoms with Gasteiger partial charge in [-0.3, -0.25) is 4.79 Å². The van der Waals surface area contributed by atoms with Crippen LogP contribution in [-0.4, -0.2) is 5.78 Å². The zero-order valence-electron chi connectivity index (χ0n) is 25.0. The van der Waals surface area contributed by atoms with Crippen molar-refractivity contribution >= 4 is 11.9 Å². The second-order valence-electron chi connectivity index (χ2n) is 10.9. The van der Waals surface area contributed by atoms with Crippen molar-refractivity contribution in [3.8, 4) is 23.0 Å². The van der Waals surface area contributed by atoms with E-state index in [1.807, 2.05) is 18.2 Å². The lowest BCUT2D eigenvalue weighted by Crippen LogP contribution is -2.27. The number of halogens is 6. The van der Waals surface area contributed by atoms with Crippen LogP contribution in [0, 0.1) is 0 Å². The molecule has 0 radical (unpaired) electrons. The van der Waals surface area contributed by atoms with Gasteiger partial charge in [-0.15, -0.1) is 0 Å². The average Bonchev–Trinajstić information content (AvgIpc) is 3.07. The van der Waals surface area contributed by atoms with Gasteiger partial charge in [0.2, 0.25) is 0 Å². The number of carbonyl (C=O) groups is 1. The van der Waals surface area contributed by atoms with Gasteiger partial charge in [0.15, 0.2) is 5.78 Å². The van der Waals surface area contributed by atoms with Crippen molar-refractivity contribution in [2.24, 2.45) is 0 Å². The molecule has 0 unspecified atom stereocenters. The maximum absolute atomic E-state index is 14.1. The number of ketones is 1. The lowest BCUT2D eigenvalue weighted by atomic mass is 9.70. The molecule has 10 heteroatoms. The summed E-state index contributed by atoms with van der Waals surface area (Å²) in [5, 5.41) is 0. The fraction of sp³-hybridized carbons (Fsp3) is 0.162. The summed E-state index contributed by atoms with van der Waals surface area (Å²) in [4.78, 5) is 12.2. The highest BCUT2D eigenvalue weighted by molar-refractivity contribution is 6.00. The predicted octanol–water partition coefficient (Wildman–Crippen LogP) is 11.2. The molecule has 0 N–H and O–H groups in total. The highest BCUT2D eigenvalue weighted by atomic mass is 19.3. The predicted molar refractivity (Wildman–Crippen MR) is 165 cm³/mol. The molecule has 0 aliphatic heterocycles. The molecule has 0 atom stereocenters. The van der Waals surface area contributed by atoms with E-state index in [4.69, 9.17) is 14.2 Å². The SMILES string of the molecule is CC(c1ccc(Oc2ccc(C=C3CCCCC3=O)cc2)cc1)(c1ccccc1OC(F)=C(F)F)c1ccccc1OC(F)=C(F)F. The van der Waals surface area contributed by atoms with Crippen molar-refractivity contribution in [2.75, 3.05) is 0 Å². The van der Waals surface area contributed by atoms with Gasteiger partial charge in [-0.1, -0.05) is 60.7 Å². The van der Waals surface area contributed by atoms with Crippen LogP contribution in [0.25, 0.3) is 6.08 Å². The Morgan fingerprint density at radius 2 is 1.11 bits per heavy atom. The minimum Gasteiger partial charge on any atom is -0.457 e. The van der Waals surface area contributed by atoms with E-state index >= 15 is 0 Å². The first-order chi connectivity index (χ1) is 22.6. The Bertz CT molecular complexity index is 1770. The minimum absolute atomic E-state index is 0.146. The largest absolute Gasteiger partial charge is 0.457 e. The molecule has 47 heavy (non-hydrogen) atoms. The molecule has 4 aromatic rings. The van der Waals surface area contributed by atoms with Gasteiger partial charge < -0.3 is 14.2 Å². The van der Waals surface area contributed by atoms with Crippen LogP contribution < -0.4 is 14.2 Å². The van der Waals surface area contributed by atoms with Gasteiger partial charge in [0.25, 0.3) is 0 Å². The van der Waals surface area contributed by atoms with Crippen LogP contribution in [0.1, 0.15) is 54.9 Å². The van der Waals surface area contributed by atoms with E-state index in [9.17, 15) is 31.1 Å². The summed E-state index contributed by atoms with van der Waals surface area (Å²) < 4.78 is 96.1. The zero-order chi connectivity index (χ0) is 33.6. The van der Waals surface area contributed by atoms with Gasteiger partial charge in [0, 0.05) is 23.0 Å². The lowest BCUT2D eigenvalue weighted by Gasteiger charge is -2.34. The van der Waals surface area contributed by atoms with E-state index in [0.717, 1.165) is 30.4 Å². The summed E-state index contributed by atoms with van der Waals surface area (Å²) in [5.41, 5.74) is 0.960. The van der Waals surface area contributed by atoms with E-state index in [-0.39, 0.29) is 28.4 Å². The smallest absolute Gasteiger partial charge is 0.344 e. The molecule has 4 aromatic carbocycles. The third-order valence-electron chi connectivity index (χ3n) is 7.89. The van der Waals surface area contributed by atoms with Crippen LogP contribution in [0.15, 0.2) is 127 Å². The number of rotatable bonds is 10. The number of carbonyl (C=O) groups excluding carboxylic acids is 1. The van der Waals surface area contributed by atoms with Crippen molar-refractivity contribution in [2.45, 2.75) is 38.0 Å². The van der Waals surface area contributed by atoms with Crippen molar-refractivity contribution in [3.63, 3.8) is 0 Å². The fourth-order valence-corrected chi connectivity index (χ4v) is 5.54. The first-order valence-electron chi connectivity index (χ1n) is 14.6. The molecule has 1 saturated carbocycles. The Hall–Kier alpha value is -5.25. The normalized spacial score (nSPS) is 14.0. The van der Waals surface area contributed by atoms with Crippen molar-refractivity contribution in [1.82, 2.24) is 0 Å². The van der Waals surface area contributed by atoms with Gasteiger partial charge in [-0.05, 0) is 85.4 Å². The van der Waals surface area contributed by atoms with Gasteiger partial charge in [-0.25, -0.2) is 0 Å². The Labute approximate surface area is 267 Å². The maximum Gasteiger partial charge on any atom is 0.344 e. The van der Waals surface area contributed by atoms with Gasteiger partial charge in [0.05, 0.1) is 0 Å². The summed E-state index contributed by atoms with van der Waals surface area (Å²) in [7, 11) is 0. The van der Waals surface area contributed by atoms with E-state index in [1.54, 1.807) is 55.5 Å². The number of ether oxygens (including phenoxy) is 3. The number of para-hydroxylation sites is 2. The summed E-state index contributed by atoms with van der Waals surface area (Å²) >= 11 is 0. The topological polar surface area (TPSA) is 44.8 Å². The van der Waals surface area contributed by atoms with Crippen LogP contribution in [-0.2, 0) is 10.2 Å². The number of benzene rings is 4. The third-order valence-corrected chi connectivity index (χ3v) is 7.89. The molecule has 0 heterocycles. The van der Waals surface area contributed by atoms with Crippen LogP contribution >= 0.6 is 0 Å². The van der Waals surface area contributed by atoms with E-state index in [2.05, 4.69) is 0 Å². The monoisotopic (exact) mass is 650 g/mol. The van der Waals surface area contributed by atoms with Crippen LogP contribution in [0.4, 0.5) is 26.3 Å². The van der Waals surface area contributed by atoms with Crippen LogP contribution in [0.2, 0.25) is 0 Å². The van der Waals surface area contributed by atoms with Crippen molar-refractivity contribution in [1.29, 1.82) is 0 Å². The zero-order valence-corrected chi connectivity index (χ0v) is 25.0. The molecule has 0 aromatic heterocycles. The number of hydrogen-bond donors (Lipinski definition) is 0. The molecule has 1 aliphatic carbocycles. The second kappa shape index (κ2) is 14.5. The Balaban J connectivity index is 1.52. The molecule has 242 valence electrons. The Morgan fingerprint density at radius 1 is 0.638 bits per heavy atom. The lowest BCUT2D eigenvalue weighted by molar-refractivity contribution is -0.116. The van der Waals surface area contributed by atoms with Crippen LogP contribution in [0.5, 0.6) is 23.0 Å². The van der Waals surface area contributed by atoms with Gasteiger partial charge >= 0.3 is 24.2 Å². The van der Waals surface area contributed by atoms with Gasteiger partial charge in [-0.2, -0.15) is 26.3 Å². The highest BCUT2D eigenvalue weighted by Crippen LogP contribution is 2.47. The molecular weight excluding hydrogens is 622 g/mol. The van der Waals surface area contributed by atoms with Crippen molar-refractivity contribution < 1.29 is 45.3 Å². The van der Waals surface area contributed by atoms with Crippen molar-refractivity contribution in [3.05, 3.63) is 149 Å². The highest BCUT2D eigenvalue weighted by Gasteiger charge is 2.37. The summed E-state index contributed by atoms with van der Waals surface area (Å²) in [5.74, 6) is 0.502. The standard InChI is InChI=1S/C37H28F6O4/c1-37(28-9-3-6-12-31(28)46-35(42)33(38)39,29-10-4-7-13-32(29)47-36(43)34(40)41)25-16-20-27(21-17-25)45-26-18-14-23(15-19-26)22-24-8-2-5-11-30(24)44/h3-4,6-7,9-10,12-22H,2,5,8,11H2,1H3. The first kappa shape index (κ1) is 33.1. The van der Waals surface area contributed by atoms with E-state index in [0.29, 0.717) is 23.5 Å². The number of allylic oxidation sites excluding steroid dienone is 1. The minimum atomic E-state index is -2.68.